The van der Waals surface area contributed by atoms with Crippen molar-refractivity contribution in [2.45, 2.75) is 12.5 Å². The van der Waals surface area contributed by atoms with E-state index in [0.717, 1.165) is 13.1 Å². The number of para-hydroxylation sites is 2. The summed E-state index contributed by atoms with van der Waals surface area (Å²) in [5.74, 6) is -0.766. The lowest BCUT2D eigenvalue weighted by Crippen LogP contribution is -2.52. The number of carboxylic acid groups (broad SMARTS) is 1. The van der Waals surface area contributed by atoms with E-state index in [0.29, 0.717) is 24.5 Å². The smallest absolute Gasteiger partial charge is 0.321 e. The van der Waals surface area contributed by atoms with Gasteiger partial charge in [0.25, 0.3) is 0 Å². The number of carbonyl (C=O) groups is 2. The molecule has 7 heteroatoms. The quantitative estimate of drug-likeness (QED) is 0.704. The number of hydrogen-bond acceptors (Lipinski definition) is 5. The molecule has 120 valence electrons. The molecule has 1 unspecified atom stereocenters. The number of benzene rings is 1. The first-order valence-electron chi connectivity index (χ1n) is 7.22. The number of anilines is 1. The Labute approximate surface area is 129 Å². The van der Waals surface area contributed by atoms with Crippen LogP contribution in [0.2, 0.25) is 0 Å². The number of nitrogens with zero attached hydrogens (tertiary/aromatic N) is 1. The van der Waals surface area contributed by atoms with Gasteiger partial charge in [-0.05, 0) is 12.1 Å². The van der Waals surface area contributed by atoms with Gasteiger partial charge in [0.1, 0.15) is 11.8 Å². The molecule has 1 saturated heterocycles. The molecule has 22 heavy (non-hydrogen) atoms. The van der Waals surface area contributed by atoms with Gasteiger partial charge in [0.2, 0.25) is 5.91 Å². The molecule has 0 aliphatic carbocycles. The molecular formula is C15H21N3O4. The van der Waals surface area contributed by atoms with Crippen molar-refractivity contribution >= 4 is 17.6 Å². The monoisotopic (exact) mass is 307 g/mol. The van der Waals surface area contributed by atoms with Gasteiger partial charge in [-0.15, -0.1) is 0 Å². The van der Waals surface area contributed by atoms with Crippen LogP contribution in [0.3, 0.4) is 0 Å². The third kappa shape index (κ3) is 4.19. The fourth-order valence-corrected chi connectivity index (χ4v) is 2.49. The van der Waals surface area contributed by atoms with E-state index in [-0.39, 0.29) is 12.3 Å². The van der Waals surface area contributed by atoms with Crippen molar-refractivity contribution in [3.63, 3.8) is 0 Å². The number of nitrogens with one attached hydrogen (secondary N) is 2. The molecule has 0 radical (unpaired) electrons. The minimum Gasteiger partial charge on any atom is -0.495 e. The van der Waals surface area contributed by atoms with Gasteiger partial charge >= 0.3 is 5.97 Å². The summed E-state index contributed by atoms with van der Waals surface area (Å²) in [6.07, 6.45) is -0.0899. The maximum atomic E-state index is 12.2. The largest absolute Gasteiger partial charge is 0.495 e. The summed E-state index contributed by atoms with van der Waals surface area (Å²) in [5.41, 5.74) is 0.541. The zero-order valence-electron chi connectivity index (χ0n) is 12.5. The van der Waals surface area contributed by atoms with Crippen LogP contribution < -0.4 is 15.4 Å². The molecule has 1 heterocycles. The highest BCUT2D eigenvalue weighted by molar-refractivity contribution is 5.95. The second kappa shape index (κ2) is 7.77. The number of hydrogen-bond donors (Lipinski definition) is 3. The van der Waals surface area contributed by atoms with Gasteiger partial charge < -0.3 is 20.5 Å². The molecule has 1 atom stereocenters. The normalized spacial score (nSPS) is 16.8. The molecule has 1 fully saturated rings. The number of carbonyl (C=O) groups excluding carboxylic acids is 1. The lowest BCUT2D eigenvalue weighted by molar-refractivity contribution is -0.145. The van der Waals surface area contributed by atoms with Crippen LogP contribution in [-0.4, -0.2) is 61.2 Å². The second-order valence-corrected chi connectivity index (χ2v) is 5.09. The van der Waals surface area contributed by atoms with Gasteiger partial charge in [0.15, 0.2) is 0 Å². The van der Waals surface area contributed by atoms with E-state index in [1.807, 2.05) is 4.90 Å². The first-order valence-corrected chi connectivity index (χ1v) is 7.22. The first kappa shape index (κ1) is 16.3. The highest BCUT2D eigenvalue weighted by Gasteiger charge is 2.29. The lowest BCUT2D eigenvalue weighted by atomic mass is 10.1. The minimum absolute atomic E-state index is 0.0899. The van der Waals surface area contributed by atoms with Crippen molar-refractivity contribution in [2.24, 2.45) is 0 Å². The van der Waals surface area contributed by atoms with E-state index in [1.54, 1.807) is 24.3 Å². The number of piperazine rings is 1. The highest BCUT2D eigenvalue weighted by atomic mass is 16.5. The molecule has 1 aromatic rings. The van der Waals surface area contributed by atoms with Crippen molar-refractivity contribution in [2.75, 3.05) is 38.6 Å². The molecule has 7 nitrogen and oxygen atoms in total. The van der Waals surface area contributed by atoms with Gasteiger partial charge in [-0.2, -0.15) is 0 Å². The predicted octanol–water partition coefficient (Wildman–Crippen LogP) is 0.382. The molecule has 2 rings (SSSR count). The number of methoxy groups -OCH3 is 1. The van der Waals surface area contributed by atoms with Gasteiger partial charge in [-0.3, -0.25) is 14.5 Å². The standard InChI is InChI=1S/C15H21N3O4/c1-22-13-5-3-2-4-11(13)17-14(19)10-12(15(20)21)18-8-6-16-7-9-18/h2-5,12,16H,6-10H2,1H3,(H,17,19)(H,20,21). The Morgan fingerprint density at radius 2 is 2.05 bits per heavy atom. The van der Waals surface area contributed by atoms with E-state index in [9.17, 15) is 14.7 Å². The number of rotatable bonds is 6. The van der Waals surface area contributed by atoms with Crippen LogP contribution >= 0.6 is 0 Å². The third-order valence-electron chi connectivity index (χ3n) is 3.64. The summed E-state index contributed by atoms with van der Waals surface area (Å²) in [4.78, 5) is 25.4. The van der Waals surface area contributed by atoms with Crippen LogP contribution in [-0.2, 0) is 9.59 Å². The lowest BCUT2D eigenvalue weighted by Gasteiger charge is -2.32. The Morgan fingerprint density at radius 3 is 2.68 bits per heavy atom. The fraction of sp³-hybridized carbons (Fsp3) is 0.467. The van der Waals surface area contributed by atoms with Gasteiger partial charge in [0.05, 0.1) is 19.2 Å². The third-order valence-corrected chi connectivity index (χ3v) is 3.64. The zero-order chi connectivity index (χ0) is 15.9. The number of carboxylic acids is 1. The zero-order valence-corrected chi connectivity index (χ0v) is 12.5. The van der Waals surface area contributed by atoms with Crippen molar-refractivity contribution in [1.82, 2.24) is 10.2 Å². The van der Waals surface area contributed by atoms with Gasteiger partial charge in [-0.25, -0.2) is 0 Å². The summed E-state index contributed by atoms with van der Waals surface area (Å²) >= 11 is 0. The summed E-state index contributed by atoms with van der Waals surface area (Å²) in [7, 11) is 1.52. The summed E-state index contributed by atoms with van der Waals surface area (Å²) in [6, 6.07) is 6.23. The molecule has 1 aromatic carbocycles. The van der Waals surface area contributed by atoms with Crippen molar-refractivity contribution < 1.29 is 19.4 Å². The molecule has 1 amide bonds. The first-order chi connectivity index (χ1) is 10.6. The van der Waals surface area contributed by atoms with Crippen LogP contribution in [0.5, 0.6) is 5.75 Å². The topological polar surface area (TPSA) is 90.9 Å². The molecule has 1 aliphatic rings. The van der Waals surface area contributed by atoms with E-state index in [1.165, 1.54) is 7.11 Å². The number of aliphatic carboxylic acids is 1. The van der Waals surface area contributed by atoms with Crippen molar-refractivity contribution in [3.8, 4) is 5.75 Å². The SMILES string of the molecule is COc1ccccc1NC(=O)CC(C(=O)O)N1CCNCC1. The summed E-state index contributed by atoms with van der Waals surface area (Å²) in [5, 5.41) is 15.3. The highest BCUT2D eigenvalue weighted by Crippen LogP contribution is 2.23. The van der Waals surface area contributed by atoms with Crippen LogP contribution in [0.1, 0.15) is 6.42 Å². The maximum absolute atomic E-state index is 12.2. The Balaban J connectivity index is 2.00. The van der Waals surface area contributed by atoms with Crippen LogP contribution in [0, 0.1) is 0 Å². The Hall–Kier alpha value is -2.12. The van der Waals surface area contributed by atoms with E-state index in [4.69, 9.17) is 4.74 Å². The molecule has 3 N–H and O–H groups in total. The molecular weight excluding hydrogens is 286 g/mol. The Morgan fingerprint density at radius 1 is 1.36 bits per heavy atom. The van der Waals surface area contributed by atoms with Crippen LogP contribution in [0.25, 0.3) is 0 Å². The van der Waals surface area contributed by atoms with Crippen molar-refractivity contribution in [1.29, 1.82) is 0 Å². The van der Waals surface area contributed by atoms with E-state index >= 15 is 0 Å². The number of amides is 1. The van der Waals surface area contributed by atoms with Gasteiger partial charge in [-0.1, -0.05) is 12.1 Å². The average molecular weight is 307 g/mol. The average Bonchev–Trinajstić information content (AvgIpc) is 2.53. The molecule has 0 spiro atoms. The second-order valence-electron chi connectivity index (χ2n) is 5.09. The van der Waals surface area contributed by atoms with E-state index in [2.05, 4.69) is 10.6 Å². The Bertz CT molecular complexity index is 529. The minimum atomic E-state index is -0.975. The fourth-order valence-electron chi connectivity index (χ4n) is 2.49. The Kier molecular flexibility index (Phi) is 5.74. The van der Waals surface area contributed by atoms with Gasteiger partial charge in [0, 0.05) is 26.2 Å². The van der Waals surface area contributed by atoms with Crippen LogP contribution in [0.15, 0.2) is 24.3 Å². The van der Waals surface area contributed by atoms with Crippen molar-refractivity contribution in [3.05, 3.63) is 24.3 Å². The van der Waals surface area contributed by atoms with E-state index < -0.39 is 12.0 Å². The summed E-state index contributed by atoms with van der Waals surface area (Å²) in [6.45, 7) is 2.72. The molecule has 0 aromatic heterocycles. The summed E-state index contributed by atoms with van der Waals surface area (Å²) < 4.78 is 5.17. The molecule has 1 aliphatic heterocycles. The molecule has 0 saturated carbocycles. The van der Waals surface area contributed by atoms with Crippen LogP contribution in [0.4, 0.5) is 5.69 Å². The number of ether oxygens (including phenoxy) is 1. The predicted molar refractivity (Wildman–Crippen MR) is 82.1 cm³/mol. The maximum Gasteiger partial charge on any atom is 0.321 e. The molecule has 0 bridgehead atoms.